The minimum absolute atomic E-state index is 0.0960. The van der Waals surface area contributed by atoms with Crippen molar-refractivity contribution in [2.75, 3.05) is 17.7 Å². The first-order chi connectivity index (χ1) is 13.1. The highest BCUT2D eigenvalue weighted by Crippen LogP contribution is 2.28. The number of benzene rings is 1. The molecule has 0 aliphatic carbocycles. The number of amides is 3. The molecule has 2 rings (SSSR count). The van der Waals surface area contributed by atoms with Gasteiger partial charge in [-0.2, -0.15) is 0 Å². The van der Waals surface area contributed by atoms with Gasteiger partial charge in [-0.1, -0.05) is 32.9 Å². The Morgan fingerprint density at radius 3 is 2.29 bits per heavy atom. The van der Waals surface area contributed by atoms with Gasteiger partial charge in [0, 0.05) is 17.6 Å². The highest BCUT2D eigenvalue weighted by molar-refractivity contribution is 7.18. The molecule has 0 radical (unpaired) electrons. The third-order valence-corrected chi connectivity index (χ3v) is 5.03. The Kier molecular flexibility index (Phi) is 6.80. The number of nitrogens with one attached hydrogen (secondary N) is 3. The van der Waals surface area contributed by atoms with Crippen molar-refractivity contribution < 1.29 is 19.1 Å². The third kappa shape index (κ3) is 5.82. The summed E-state index contributed by atoms with van der Waals surface area (Å²) in [4.78, 5) is 36.4. The fourth-order valence-electron chi connectivity index (χ4n) is 2.21. The van der Waals surface area contributed by atoms with E-state index in [9.17, 15) is 14.4 Å². The molecule has 1 aromatic heterocycles. The molecular weight excluding hydrogens is 378 g/mol. The van der Waals surface area contributed by atoms with E-state index in [-0.39, 0.29) is 11.8 Å². The van der Waals surface area contributed by atoms with E-state index in [1.54, 1.807) is 18.2 Å². The van der Waals surface area contributed by atoms with Crippen molar-refractivity contribution in [2.24, 2.45) is 5.41 Å². The second kappa shape index (κ2) is 8.88. The van der Waals surface area contributed by atoms with Crippen LogP contribution >= 0.6 is 11.3 Å². The van der Waals surface area contributed by atoms with Crippen LogP contribution in [-0.2, 0) is 16.1 Å². The summed E-state index contributed by atoms with van der Waals surface area (Å²) in [6.07, 6.45) is -0.538. The summed E-state index contributed by atoms with van der Waals surface area (Å²) in [6, 6.07) is 8.88. The van der Waals surface area contributed by atoms with Gasteiger partial charge in [0.25, 0.3) is 5.91 Å². The fourth-order valence-corrected chi connectivity index (χ4v) is 3.19. The van der Waals surface area contributed by atoms with Gasteiger partial charge in [0.15, 0.2) is 0 Å². The van der Waals surface area contributed by atoms with Gasteiger partial charge in [-0.3, -0.25) is 14.9 Å². The second-order valence-electron chi connectivity index (χ2n) is 7.32. The molecule has 1 aromatic carbocycles. The lowest BCUT2D eigenvalue weighted by atomic mass is 9.96. The standard InChI is InChI=1S/C20H25N3O4S/c1-12-10-15(23-18(25)20(2,3)4)28-16(12)17(24)21-11-13-6-8-14(9-7-13)22-19(26)27-5/h6-10H,11H2,1-5H3,(H,21,24)(H,22,26)(H,23,25). The minimum atomic E-state index is -0.538. The van der Waals surface area contributed by atoms with Crippen LogP contribution in [0.4, 0.5) is 15.5 Å². The van der Waals surface area contributed by atoms with Crippen molar-refractivity contribution in [3.63, 3.8) is 0 Å². The predicted molar refractivity (Wildman–Crippen MR) is 111 cm³/mol. The van der Waals surface area contributed by atoms with E-state index in [0.717, 1.165) is 11.1 Å². The molecule has 0 unspecified atom stereocenters. The molecule has 150 valence electrons. The average Bonchev–Trinajstić information content (AvgIpc) is 3.00. The molecule has 0 saturated carbocycles. The molecular formula is C20H25N3O4S. The van der Waals surface area contributed by atoms with Crippen LogP contribution in [0.15, 0.2) is 30.3 Å². The largest absolute Gasteiger partial charge is 0.453 e. The Hall–Kier alpha value is -2.87. The van der Waals surface area contributed by atoms with Crippen LogP contribution < -0.4 is 16.0 Å². The van der Waals surface area contributed by atoms with Crippen LogP contribution in [0.25, 0.3) is 0 Å². The fraction of sp³-hybridized carbons (Fsp3) is 0.350. The number of carbonyl (C=O) groups excluding carboxylic acids is 3. The lowest BCUT2D eigenvalue weighted by Gasteiger charge is -2.16. The van der Waals surface area contributed by atoms with E-state index in [0.29, 0.717) is 22.1 Å². The number of thiophene rings is 1. The first-order valence-electron chi connectivity index (χ1n) is 8.74. The maximum absolute atomic E-state index is 12.5. The lowest BCUT2D eigenvalue weighted by molar-refractivity contribution is -0.123. The van der Waals surface area contributed by atoms with Crippen molar-refractivity contribution in [3.05, 3.63) is 46.3 Å². The Balaban J connectivity index is 1.96. The molecule has 0 atom stereocenters. The highest BCUT2D eigenvalue weighted by atomic mass is 32.1. The van der Waals surface area contributed by atoms with Crippen molar-refractivity contribution in [3.8, 4) is 0 Å². The lowest BCUT2D eigenvalue weighted by Crippen LogP contribution is -2.27. The Morgan fingerprint density at radius 1 is 1.07 bits per heavy atom. The highest BCUT2D eigenvalue weighted by Gasteiger charge is 2.23. The number of aryl methyl sites for hydroxylation is 1. The molecule has 0 aliphatic heterocycles. The van der Waals surface area contributed by atoms with Crippen molar-refractivity contribution >= 4 is 39.9 Å². The van der Waals surface area contributed by atoms with E-state index < -0.39 is 11.5 Å². The van der Waals surface area contributed by atoms with E-state index in [4.69, 9.17) is 0 Å². The first-order valence-corrected chi connectivity index (χ1v) is 9.56. The van der Waals surface area contributed by atoms with Gasteiger partial charge < -0.3 is 15.4 Å². The van der Waals surface area contributed by atoms with Crippen molar-refractivity contribution in [1.29, 1.82) is 0 Å². The van der Waals surface area contributed by atoms with E-state index in [2.05, 4.69) is 20.7 Å². The van der Waals surface area contributed by atoms with Gasteiger partial charge >= 0.3 is 6.09 Å². The molecule has 8 heteroatoms. The third-order valence-electron chi connectivity index (χ3n) is 3.88. The topological polar surface area (TPSA) is 96.5 Å². The normalized spacial score (nSPS) is 10.9. The second-order valence-corrected chi connectivity index (χ2v) is 8.38. The summed E-state index contributed by atoms with van der Waals surface area (Å²) in [7, 11) is 1.30. The molecule has 0 fully saturated rings. The summed E-state index contributed by atoms with van der Waals surface area (Å²) in [6.45, 7) is 7.69. The molecule has 3 N–H and O–H groups in total. The summed E-state index contributed by atoms with van der Waals surface area (Å²) in [5.74, 6) is -0.295. The zero-order valence-corrected chi connectivity index (χ0v) is 17.5. The maximum Gasteiger partial charge on any atom is 0.411 e. The van der Waals surface area contributed by atoms with Gasteiger partial charge in [-0.15, -0.1) is 11.3 Å². The van der Waals surface area contributed by atoms with Gasteiger partial charge in [0.1, 0.15) is 0 Å². The number of ether oxygens (including phenoxy) is 1. The Morgan fingerprint density at radius 2 is 1.71 bits per heavy atom. The molecule has 28 heavy (non-hydrogen) atoms. The summed E-state index contributed by atoms with van der Waals surface area (Å²) >= 11 is 1.25. The van der Waals surface area contributed by atoms with Gasteiger partial charge in [0.2, 0.25) is 5.91 Å². The number of carbonyl (C=O) groups is 3. The molecule has 3 amide bonds. The quantitative estimate of drug-likeness (QED) is 0.699. The van der Waals surface area contributed by atoms with Crippen LogP contribution in [0.1, 0.15) is 41.6 Å². The number of methoxy groups -OCH3 is 1. The molecule has 7 nitrogen and oxygen atoms in total. The average molecular weight is 404 g/mol. The summed E-state index contributed by atoms with van der Waals surface area (Å²) < 4.78 is 4.54. The van der Waals surface area contributed by atoms with Gasteiger partial charge in [-0.25, -0.2) is 4.79 Å². The zero-order valence-electron chi connectivity index (χ0n) is 16.6. The van der Waals surface area contributed by atoms with Crippen LogP contribution in [0.2, 0.25) is 0 Å². The molecule has 1 heterocycles. The first kappa shape index (κ1) is 21.4. The van der Waals surface area contributed by atoms with Crippen LogP contribution in [-0.4, -0.2) is 25.0 Å². The Bertz CT molecular complexity index is 867. The molecule has 0 saturated heterocycles. The van der Waals surface area contributed by atoms with E-state index in [1.807, 2.05) is 39.8 Å². The molecule has 0 spiro atoms. The maximum atomic E-state index is 12.5. The van der Waals surface area contributed by atoms with E-state index in [1.165, 1.54) is 18.4 Å². The summed E-state index contributed by atoms with van der Waals surface area (Å²) in [5.41, 5.74) is 1.80. The number of rotatable bonds is 5. The van der Waals surface area contributed by atoms with Crippen LogP contribution in [0.5, 0.6) is 0 Å². The van der Waals surface area contributed by atoms with E-state index >= 15 is 0 Å². The van der Waals surface area contributed by atoms with Gasteiger partial charge in [0.05, 0.1) is 17.0 Å². The smallest absolute Gasteiger partial charge is 0.411 e. The number of hydrogen-bond donors (Lipinski definition) is 3. The Labute approximate surface area is 168 Å². The summed E-state index contributed by atoms with van der Waals surface area (Å²) in [5, 5.41) is 8.94. The predicted octanol–water partition coefficient (Wildman–Crippen LogP) is 4.15. The SMILES string of the molecule is COC(=O)Nc1ccc(CNC(=O)c2sc(NC(=O)C(C)(C)C)cc2C)cc1. The number of hydrogen-bond acceptors (Lipinski definition) is 5. The van der Waals surface area contributed by atoms with Crippen LogP contribution in [0.3, 0.4) is 0 Å². The number of anilines is 2. The molecule has 2 aromatic rings. The molecule has 0 bridgehead atoms. The van der Waals surface area contributed by atoms with Crippen molar-refractivity contribution in [2.45, 2.75) is 34.2 Å². The van der Waals surface area contributed by atoms with Crippen molar-refractivity contribution in [1.82, 2.24) is 5.32 Å². The van der Waals surface area contributed by atoms with Gasteiger partial charge in [-0.05, 0) is 36.2 Å². The monoisotopic (exact) mass is 403 g/mol. The van der Waals surface area contributed by atoms with Crippen LogP contribution in [0, 0.1) is 12.3 Å². The zero-order chi connectivity index (χ0) is 20.9. The minimum Gasteiger partial charge on any atom is -0.453 e. The molecule has 0 aliphatic rings.